The molecule has 1 saturated heterocycles. The SMILES string of the molecule is CC1CC(Sc2ccccn2)CO1. The molecule has 70 valence electrons. The molecule has 0 saturated carbocycles. The average molecular weight is 195 g/mol. The van der Waals surface area contributed by atoms with Gasteiger partial charge in [0.2, 0.25) is 0 Å². The smallest absolute Gasteiger partial charge is 0.0963 e. The lowest BCUT2D eigenvalue weighted by molar-refractivity contribution is 0.126. The summed E-state index contributed by atoms with van der Waals surface area (Å²) < 4.78 is 5.49. The van der Waals surface area contributed by atoms with E-state index >= 15 is 0 Å². The van der Waals surface area contributed by atoms with Crippen LogP contribution in [0.2, 0.25) is 0 Å². The van der Waals surface area contributed by atoms with Crippen LogP contribution < -0.4 is 0 Å². The van der Waals surface area contributed by atoms with Gasteiger partial charge in [0.25, 0.3) is 0 Å². The Hall–Kier alpha value is -0.540. The summed E-state index contributed by atoms with van der Waals surface area (Å²) in [6.07, 6.45) is 3.39. The van der Waals surface area contributed by atoms with Crippen molar-refractivity contribution >= 4 is 11.8 Å². The van der Waals surface area contributed by atoms with Crippen molar-refractivity contribution in [2.24, 2.45) is 0 Å². The molecule has 0 radical (unpaired) electrons. The number of aromatic nitrogens is 1. The van der Waals surface area contributed by atoms with E-state index in [1.54, 1.807) is 0 Å². The Kier molecular flexibility index (Phi) is 2.86. The molecular weight excluding hydrogens is 182 g/mol. The molecule has 1 aliphatic heterocycles. The summed E-state index contributed by atoms with van der Waals surface area (Å²) in [5.74, 6) is 0. The number of hydrogen-bond acceptors (Lipinski definition) is 3. The second kappa shape index (κ2) is 4.11. The number of hydrogen-bond donors (Lipinski definition) is 0. The third-order valence-electron chi connectivity index (χ3n) is 2.09. The van der Waals surface area contributed by atoms with Crippen molar-refractivity contribution in [3.05, 3.63) is 24.4 Å². The fraction of sp³-hybridized carbons (Fsp3) is 0.500. The molecule has 2 atom stereocenters. The summed E-state index contributed by atoms with van der Waals surface area (Å²) in [5, 5.41) is 1.69. The Bertz CT molecular complexity index is 265. The van der Waals surface area contributed by atoms with Crippen molar-refractivity contribution in [3.8, 4) is 0 Å². The van der Waals surface area contributed by atoms with Gasteiger partial charge in [0.05, 0.1) is 17.7 Å². The summed E-state index contributed by atoms with van der Waals surface area (Å²) in [5.41, 5.74) is 0. The van der Waals surface area contributed by atoms with E-state index in [9.17, 15) is 0 Å². The first kappa shape index (κ1) is 9.03. The van der Waals surface area contributed by atoms with E-state index in [-0.39, 0.29) is 0 Å². The fourth-order valence-electron chi connectivity index (χ4n) is 1.45. The first-order chi connectivity index (χ1) is 6.34. The summed E-state index contributed by atoms with van der Waals surface area (Å²) >= 11 is 1.82. The largest absolute Gasteiger partial charge is 0.377 e. The Balaban J connectivity index is 1.92. The van der Waals surface area contributed by atoms with E-state index in [0.29, 0.717) is 11.4 Å². The van der Waals surface area contributed by atoms with Crippen molar-refractivity contribution in [2.45, 2.75) is 29.7 Å². The topological polar surface area (TPSA) is 22.1 Å². The number of rotatable bonds is 2. The molecule has 0 bridgehead atoms. The molecule has 0 amide bonds. The van der Waals surface area contributed by atoms with E-state index in [1.807, 2.05) is 36.2 Å². The second-order valence-electron chi connectivity index (χ2n) is 3.29. The maximum Gasteiger partial charge on any atom is 0.0963 e. The van der Waals surface area contributed by atoms with Gasteiger partial charge in [-0.2, -0.15) is 0 Å². The number of pyridine rings is 1. The molecule has 0 aromatic carbocycles. The zero-order valence-corrected chi connectivity index (χ0v) is 8.46. The third kappa shape index (κ3) is 2.45. The highest BCUT2D eigenvalue weighted by molar-refractivity contribution is 7.99. The van der Waals surface area contributed by atoms with Crippen LogP contribution in [0.5, 0.6) is 0 Å². The highest BCUT2D eigenvalue weighted by Crippen LogP contribution is 2.29. The standard InChI is InChI=1S/C10H13NOS/c1-8-6-9(7-12-8)13-10-4-2-3-5-11-10/h2-5,8-9H,6-7H2,1H3. The molecule has 3 heteroatoms. The van der Waals surface area contributed by atoms with Gasteiger partial charge in [0, 0.05) is 11.4 Å². The van der Waals surface area contributed by atoms with E-state index < -0.39 is 0 Å². The number of ether oxygens (including phenoxy) is 1. The Labute approximate surface area is 82.7 Å². The molecule has 1 aromatic rings. The summed E-state index contributed by atoms with van der Waals surface area (Å²) in [4.78, 5) is 4.27. The molecule has 1 aromatic heterocycles. The monoisotopic (exact) mass is 195 g/mol. The van der Waals surface area contributed by atoms with Crippen molar-refractivity contribution < 1.29 is 4.74 Å². The third-order valence-corrected chi connectivity index (χ3v) is 3.23. The van der Waals surface area contributed by atoms with Crippen molar-refractivity contribution in [2.75, 3.05) is 6.61 Å². The maximum absolute atomic E-state index is 5.49. The average Bonchev–Trinajstić information content (AvgIpc) is 2.53. The van der Waals surface area contributed by atoms with E-state index in [2.05, 4.69) is 11.9 Å². The fourth-order valence-corrected chi connectivity index (χ4v) is 2.58. The van der Waals surface area contributed by atoms with Gasteiger partial charge >= 0.3 is 0 Å². The van der Waals surface area contributed by atoms with Crippen LogP contribution in [-0.4, -0.2) is 22.9 Å². The molecule has 13 heavy (non-hydrogen) atoms. The quantitative estimate of drug-likeness (QED) is 0.723. The molecule has 0 spiro atoms. The van der Waals surface area contributed by atoms with Crippen LogP contribution in [0.1, 0.15) is 13.3 Å². The predicted molar refractivity (Wildman–Crippen MR) is 53.9 cm³/mol. The van der Waals surface area contributed by atoms with Crippen LogP contribution in [0.4, 0.5) is 0 Å². The van der Waals surface area contributed by atoms with Gasteiger partial charge in [-0.05, 0) is 25.5 Å². The summed E-state index contributed by atoms with van der Waals surface area (Å²) in [6, 6.07) is 6.01. The minimum absolute atomic E-state index is 0.418. The highest BCUT2D eigenvalue weighted by Gasteiger charge is 2.22. The second-order valence-corrected chi connectivity index (χ2v) is 4.61. The van der Waals surface area contributed by atoms with Crippen molar-refractivity contribution in [1.82, 2.24) is 4.98 Å². The normalized spacial score (nSPS) is 27.8. The molecule has 2 nitrogen and oxygen atoms in total. The van der Waals surface area contributed by atoms with Gasteiger partial charge < -0.3 is 4.74 Å². The van der Waals surface area contributed by atoms with Crippen LogP contribution >= 0.6 is 11.8 Å². The lowest BCUT2D eigenvalue weighted by atomic mass is 10.3. The molecule has 1 fully saturated rings. The van der Waals surface area contributed by atoms with Crippen LogP contribution in [0.25, 0.3) is 0 Å². The van der Waals surface area contributed by atoms with Gasteiger partial charge in [0.1, 0.15) is 0 Å². The van der Waals surface area contributed by atoms with E-state index in [0.717, 1.165) is 18.1 Å². The van der Waals surface area contributed by atoms with Crippen molar-refractivity contribution in [1.29, 1.82) is 0 Å². The minimum atomic E-state index is 0.418. The summed E-state index contributed by atoms with van der Waals surface area (Å²) in [7, 11) is 0. The molecular formula is C10H13NOS. The Morgan fingerprint density at radius 3 is 3.08 bits per heavy atom. The molecule has 2 unspecified atom stereocenters. The molecule has 0 N–H and O–H groups in total. The first-order valence-corrected chi connectivity index (χ1v) is 5.42. The number of thioether (sulfide) groups is 1. The van der Waals surface area contributed by atoms with Gasteiger partial charge in [-0.25, -0.2) is 4.98 Å². The number of nitrogens with zero attached hydrogens (tertiary/aromatic N) is 1. The molecule has 2 rings (SSSR count). The van der Waals surface area contributed by atoms with Crippen molar-refractivity contribution in [3.63, 3.8) is 0 Å². The van der Waals surface area contributed by atoms with E-state index in [4.69, 9.17) is 4.74 Å². The van der Waals surface area contributed by atoms with Gasteiger partial charge in [-0.1, -0.05) is 6.07 Å². The van der Waals surface area contributed by atoms with Gasteiger partial charge in [-0.15, -0.1) is 11.8 Å². The molecule has 1 aliphatic rings. The minimum Gasteiger partial charge on any atom is -0.377 e. The Morgan fingerprint density at radius 1 is 1.54 bits per heavy atom. The van der Waals surface area contributed by atoms with Gasteiger partial charge in [0.15, 0.2) is 0 Å². The van der Waals surface area contributed by atoms with Crippen LogP contribution in [0.3, 0.4) is 0 Å². The summed E-state index contributed by atoms with van der Waals surface area (Å²) in [6.45, 7) is 2.99. The van der Waals surface area contributed by atoms with Crippen LogP contribution in [0, 0.1) is 0 Å². The van der Waals surface area contributed by atoms with Crippen LogP contribution in [0.15, 0.2) is 29.4 Å². The predicted octanol–water partition coefficient (Wildman–Crippen LogP) is 2.35. The first-order valence-electron chi connectivity index (χ1n) is 4.54. The Morgan fingerprint density at radius 2 is 2.46 bits per heavy atom. The maximum atomic E-state index is 5.49. The zero-order valence-electron chi connectivity index (χ0n) is 7.64. The van der Waals surface area contributed by atoms with Gasteiger partial charge in [-0.3, -0.25) is 0 Å². The van der Waals surface area contributed by atoms with E-state index in [1.165, 1.54) is 0 Å². The zero-order chi connectivity index (χ0) is 9.10. The lowest BCUT2D eigenvalue weighted by Gasteiger charge is -2.05. The lowest BCUT2D eigenvalue weighted by Crippen LogP contribution is -2.01. The molecule has 0 aliphatic carbocycles. The molecule has 2 heterocycles. The van der Waals surface area contributed by atoms with Crippen LogP contribution in [-0.2, 0) is 4.74 Å². The highest BCUT2D eigenvalue weighted by atomic mass is 32.2.